The molecule has 47 heavy (non-hydrogen) atoms. The van der Waals surface area contributed by atoms with Gasteiger partial charge >= 0.3 is 12.1 Å². The summed E-state index contributed by atoms with van der Waals surface area (Å²) < 4.78 is 10.5. The molecule has 3 unspecified atom stereocenters. The van der Waals surface area contributed by atoms with Gasteiger partial charge in [-0.05, 0) is 24.7 Å². The second-order valence-electron chi connectivity index (χ2n) is 11.9. The first-order valence-electron chi connectivity index (χ1n) is 15.4. The number of aliphatic hydroxyl groups is 1. The van der Waals surface area contributed by atoms with E-state index in [-0.39, 0.29) is 38.3 Å². The summed E-state index contributed by atoms with van der Waals surface area (Å²) in [5, 5.41) is 27.4. The van der Waals surface area contributed by atoms with Crippen LogP contribution in [0.5, 0.6) is 0 Å². The van der Waals surface area contributed by atoms with Gasteiger partial charge in [-0.3, -0.25) is 28.8 Å². The first-order valence-corrected chi connectivity index (χ1v) is 15.4. The summed E-state index contributed by atoms with van der Waals surface area (Å²) >= 11 is 0. The number of rotatable bonds is 20. The summed E-state index contributed by atoms with van der Waals surface area (Å²) in [5.41, 5.74) is 5.16. The normalized spacial score (nSPS) is 17.7. The van der Waals surface area contributed by atoms with E-state index in [0.29, 0.717) is 6.42 Å². The molecule has 8 N–H and O–H groups in total. The number of aliphatic carboxylic acids is 1. The van der Waals surface area contributed by atoms with Crippen LogP contribution in [0, 0.1) is 11.8 Å². The van der Waals surface area contributed by atoms with E-state index in [2.05, 4.69) is 21.3 Å². The van der Waals surface area contributed by atoms with Crippen LogP contribution in [0.25, 0.3) is 0 Å². The quantitative estimate of drug-likeness (QED) is 0.0678. The summed E-state index contributed by atoms with van der Waals surface area (Å²) in [6.07, 6.45) is -1.64. The number of aliphatic hydroxyl groups excluding tert-OH is 1. The Morgan fingerprint density at radius 3 is 2.15 bits per heavy atom. The maximum atomic E-state index is 13.7. The molecule has 266 valence electrons. The molecule has 0 aromatic rings. The first-order chi connectivity index (χ1) is 22.0. The number of nitrogens with zero attached hydrogens (tertiary/aromatic N) is 1. The minimum atomic E-state index is -1.36. The number of carboxylic acids is 1. The summed E-state index contributed by atoms with van der Waals surface area (Å²) in [6.45, 7) is 6.78. The van der Waals surface area contributed by atoms with Crippen molar-refractivity contribution in [1.82, 2.24) is 26.2 Å². The molecule has 1 fully saturated rings. The van der Waals surface area contributed by atoms with Gasteiger partial charge in [0.1, 0.15) is 24.7 Å². The number of nitrogens with two attached hydrogens (primary N) is 1. The Bertz CT molecular complexity index is 1150. The number of alkyl carbamates (subject to hydrolysis) is 1. The highest BCUT2D eigenvalue weighted by molar-refractivity contribution is 6.38. The van der Waals surface area contributed by atoms with E-state index >= 15 is 0 Å². The van der Waals surface area contributed by atoms with E-state index < -0.39 is 103 Å². The molecule has 1 aliphatic heterocycles. The number of primary amides is 1. The molecule has 0 aromatic carbocycles. The number of hydrogen-bond acceptors (Lipinski definition) is 11. The van der Waals surface area contributed by atoms with E-state index in [1.807, 2.05) is 13.8 Å². The predicted octanol–water partition coefficient (Wildman–Crippen LogP) is -2.21. The molecule has 0 saturated carbocycles. The number of likely N-dealkylation sites (tertiary alicyclic amines) is 1. The maximum absolute atomic E-state index is 13.7. The van der Waals surface area contributed by atoms with E-state index in [4.69, 9.17) is 25.4 Å². The summed E-state index contributed by atoms with van der Waals surface area (Å²) in [5.74, 6) is -7.22. The molecule has 0 radical (unpaired) electrons. The number of amides is 6. The van der Waals surface area contributed by atoms with Gasteiger partial charge in [-0.15, -0.1) is 0 Å². The minimum absolute atomic E-state index is 0.0158. The monoisotopic (exact) mass is 672 g/mol. The van der Waals surface area contributed by atoms with Crippen molar-refractivity contribution in [2.75, 3.05) is 32.9 Å². The Balaban J connectivity index is 3.10. The highest BCUT2D eigenvalue weighted by Gasteiger charge is 2.44. The Labute approximate surface area is 272 Å². The number of nitrogens with one attached hydrogen (secondary N) is 4. The van der Waals surface area contributed by atoms with Crippen molar-refractivity contribution in [3.8, 4) is 0 Å². The third kappa shape index (κ3) is 13.9. The third-order valence-corrected chi connectivity index (χ3v) is 6.98. The first kappa shape index (κ1) is 40.7. The highest BCUT2D eigenvalue weighted by atomic mass is 16.5. The lowest BCUT2D eigenvalue weighted by Crippen LogP contribution is -2.57. The van der Waals surface area contributed by atoms with Crippen LogP contribution in [0.2, 0.25) is 0 Å². The zero-order valence-corrected chi connectivity index (χ0v) is 27.4. The fourth-order valence-electron chi connectivity index (χ4n) is 4.59. The van der Waals surface area contributed by atoms with E-state index in [1.54, 1.807) is 20.8 Å². The average molecular weight is 673 g/mol. The van der Waals surface area contributed by atoms with Gasteiger partial charge in [0.25, 0.3) is 5.91 Å². The van der Waals surface area contributed by atoms with Crippen LogP contribution in [0.1, 0.15) is 60.3 Å². The lowest BCUT2D eigenvalue weighted by atomic mass is 10.0. The molecule has 5 atom stereocenters. The van der Waals surface area contributed by atoms with Gasteiger partial charge < -0.3 is 51.6 Å². The molecule has 6 amide bonds. The number of ether oxygens (including phenoxy) is 2. The molecule has 0 bridgehead atoms. The second kappa shape index (κ2) is 20.0. The van der Waals surface area contributed by atoms with Gasteiger partial charge in [0, 0.05) is 19.6 Å². The molecular weight excluding hydrogens is 624 g/mol. The second-order valence-corrected chi connectivity index (χ2v) is 11.9. The van der Waals surface area contributed by atoms with Crippen LogP contribution in [0.15, 0.2) is 0 Å². The Kier molecular flexibility index (Phi) is 17.3. The van der Waals surface area contributed by atoms with Gasteiger partial charge in [-0.2, -0.15) is 0 Å². The summed E-state index contributed by atoms with van der Waals surface area (Å²) in [4.78, 5) is 101. The fourth-order valence-corrected chi connectivity index (χ4v) is 4.59. The van der Waals surface area contributed by atoms with Crippen molar-refractivity contribution in [2.45, 2.75) is 90.6 Å². The fraction of sp³-hybridized carbons (Fsp3) is 0.724. The van der Waals surface area contributed by atoms with Crippen molar-refractivity contribution in [1.29, 1.82) is 0 Å². The van der Waals surface area contributed by atoms with Gasteiger partial charge in [-0.25, -0.2) is 9.59 Å². The van der Waals surface area contributed by atoms with E-state index in [9.17, 15) is 38.4 Å². The summed E-state index contributed by atoms with van der Waals surface area (Å²) in [7, 11) is 0. The average Bonchev–Trinajstić information content (AvgIpc) is 3.43. The van der Waals surface area contributed by atoms with Crippen LogP contribution in [-0.4, -0.2) is 126 Å². The van der Waals surface area contributed by atoms with E-state index in [0.717, 1.165) is 4.90 Å². The van der Waals surface area contributed by atoms with Crippen molar-refractivity contribution >= 4 is 47.4 Å². The Morgan fingerprint density at radius 2 is 1.62 bits per heavy atom. The van der Waals surface area contributed by atoms with Crippen molar-refractivity contribution in [2.24, 2.45) is 17.6 Å². The molecule has 1 heterocycles. The highest BCUT2D eigenvalue weighted by Crippen LogP contribution is 2.24. The standard InChI is InChI=1S/C29H48N6O12/c1-6-7-18(24(40)27(43)31-11-21(37)32-19(8-9-36)25(30)41)33-26(42)20-10-17(46-14-22(38)39)12-35(20)28(44)23(16(4)5)34-29(45)47-13-15(2)3/h15-20,23,36H,6-14H2,1-5H3,(H2,30,41)(H,31,43)(H,32,37)(H,33,42)(H,34,45)(H,38,39)/t17-,18?,19?,20+,23?/m1/s1. The summed E-state index contributed by atoms with van der Waals surface area (Å²) in [6, 6.07) is -4.93. The third-order valence-electron chi connectivity index (χ3n) is 6.98. The number of carbonyl (C=O) groups is 8. The number of ketones is 1. The molecule has 18 heteroatoms. The minimum Gasteiger partial charge on any atom is -0.480 e. The molecular formula is C29H48N6O12. The lowest BCUT2D eigenvalue weighted by Gasteiger charge is -2.31. The molecule has 0 aliphatic carbocycles. The molecule has 1 aliphatic rings. The number of hydrogen-bond donors (Lipinski definition) is 7. The number of Topliss-reactive ketones (excluding diaryl/α,β-unsaturated/α-hetero) is 1. The maximum Gasteiger partial charge on any atom is 0.407 e. The van der Waals surface area contributed by atoms with Crippen LogP contribution in [0.4, 0.5) is 4.79 Å². The van der Waals surface area contributed by atoms with Crippen LogP contribution >= 0.6 is 0 Å². The molecule has 0 aromatic heterocycles. The predicted molar refractivity (Wildman–Crippen MR) is 163 cm³/mol. The smallest absolute Gasteiger partial charge is 0.407 e. The van der Waals surface area contributed by atoms with Gasteiger partial charge in [0.05, 0.1) is 25.3 Å². The van der Waals surface area contributed by atoms with Gasteiger partial charge in [-0.1, -0.05) is 41.0 Å². The SMILES string of the molecule is CCCC(NC(=O)[C@@H]1C[C@@H](OCC(=O)O)CN1C(=O)C(NC(=O)OCC(C)C)C(C)C)C(=O)C(=O)NCC(=O)NC(CCO)C(N)=O. The molecule has 18 nitrogen and oxygen atoms in total. The molecule has 1 saturated heterocycles. The van der Waals surface area contributed by atoms with Gasteiger partial charge in [0.2, 0.25) is 29.4 Å². The number of carbonyl (C=O) groups excluding carboxylic acids is 7. The van der Waals surface area contributed by atoms with Crippen molar-refractivity contribution in [3.63, 3.8) is 0 Å². The molecule has 0 spiro atoms. The van der Waals surface area contributed by atoms with Gasteiger partial charge in [0.15, 0.2) is 0 Å². The Morgan fingerprint density at radius 1 is 0.957 bits per heavy atom. The largest absolute Gasteiger partial charge is 0.480 e. The number of carboxylic acid groups (broad SMARTS) is 1. The lowest BCUT2D eigenvalue weighted by molar-refractivity contribution is -0.144. The van der Waals surface area contributed by atoms with Crippen LogP contribution < -0.4 is 27.0 Å². The zero-order chi connectivity index (χ0) is 35.8. The van der Waals surface area contributed by atoms with Crippen molar-refractivity contribution < 1.29 is 58.0 Å². The van der Waals surface area contributed by atoms with Crippen LogP contribution in [0.3, 0.4) is 0 Å². The molecule has 1 rings (SSSR count). The zero-order valence-electron chi connectivity index (χ0n) is 27.4. The van der Waals surface area contributed by atoms with Crippen LogP contribution in [-0.2, 0) is 43.0 Å². The Hall–Kier alpha value is -4.32. The van der Waals surface area contributed by atoms with E-state index in [1.165, 1.54) is 0 Å². The van der Waals surface area contributed by atoms with Crippen molar-refractivity contribution in [3.05, 3.63) is 0 Å². The topological polar surface area (TPSA) is 273 Å².